The number of aromatic nitrogens is 2. The summed E-state index contributed by atoms with van der Waals surface area (Å²) in [6.07, 6.45) is 5.69. The molecule has 4 nitrogen and oxygen atoms in total. The Morgan fingerprint density at radius 3 is 2.82 bits per heavy atom. The minimum Gasteiger partial charge on any atom is -0.496 e. The van der Waals surface area contributed by atoms with E-state index >= 15 is 0 Å². The number of aryl methyl sites for hydroxylation is 1. The zero-order valence-electron chi connectivity index (χ0n) is 12.7. The van der Waals surface area contributed by atoms with E-state index in [4.69, 9.17) is 4.74 Å². The van der Waals surface area contributed by atoms with Crippen molar-refractivity contribution in [3.05, 3.63) is 59.0 Å². The van der Waals surface area contributed by atoms with Crippen molar-refractivity contribution in [2.24, 2.45) is 0 Å². The maximum atomic E-state index is 11.0. The molecular weight excluding hydrogens is 276 g/mol. The number of methoxy groups -OCH3 is 1. The average molecular weight is 294 g/mol. The fraction of sp³-hybridized carbons (Fsp3) is 0.222. The minimum absolute atomic E-state index is 0.402. The summed E-state index contributed by atoms with van der Waals surface area (Å²) in [6, 6.07) is 7.94. The van der Waals surface area contributed by atoms with Gasteiger partial charge in [-0.05, 0) is 36.2 Å². The summed E-state index contributed by atoms with van der Waals surface area (Å²) in [4.78, 5) is 18.6. The Morgan fingerprint density at radius 1 is 1.27 bits per heavy atom. The van der Waals surface area contributed by atoms with Crippen LogP contribution >= 0.6 is 0 Å². The molecular formula is C18H18N2O2. The molecule has 0 fully saturated rings. The minimum atomic E-state index is 0.402. The fourth-order valence-electron chi connectivity index (χ4n) is 2.95. The van der Waals surface area contributed by atoms with Crippen LogP contribution in [0.2, 0.25) is 0 Å². The fourth-order valence-corrected chi connectivity index (χ4v) is 2.95. The SMILES string of the molecule is COc1ccc2[nH]c(C)c(CC=O)c2c1Cc1cccnc1. The number of rotatable bonds is 5. The molecule has 0 radical (unpaired) electrons. The van der Waals surface area contributed by atoms with E-state index in [0.717, 1.165) is 51.7 Å². The molecule has 3 aromatic rings. The average Bonchev–Trinajstić information content (AvgIpc) is 2.85. The number of nitrogens with one attached hydrogen (secondary N) is 1. The van der Waals surface area contributed by atoms with E-state index in [1.807, 2.05) is 37.4 Å². The molecule has 0 bridgehead atoms. The molecule has 2 heterocycles. The lowest BCUT2D eigenvalue weighted by molar-refractivity contribution is -0.107. The largest absolute Gasteiger partial charge is 0.496 e. The summed E-state index contributed by atoms with van der Waals surface area (Å²) in [5, 5.41) is 1.09. The number of carbonyl (C=O) groups excluding carboxylic acids is 1. The van der Waals surface area contributed by atoms with Crippen LogP contribution in [0.4, 0.5) is 0 Å². The first-order chi connectivity index (χ1) is 10.7. The van der Waals surface area contributed by atoms with Crippen molar-refractivity contribution in [3.63, 3.8) is 0 Å². The zero-order valence-corrected chi connectivity index (χ0v) is 12.7. The highest BCUT2D eigenvalue weighted by molar-refractivity contribution is 5.91. The van der Waals surface area contributed by atoms with Gasteiger partial charge in [0.05, 0.1) is 7.11 Å². The van der Waals surface area contributed by atoms with Crippen LogP contribution in [0.3, 0.4) is 0 Å². The Kier molecular flexibility index (Phi) is 3.92. The van der Waals surface area contributed by atoms with E-state index in [-0.39, 0.29) is 0 Å². The van der Waals surface area contributed by atoms with E-state index in [1.165, 1.54) is 0 Å². The standard InChI is InChI=1S/C18H18N2O2/c1-12-14(7-9-21)18-15(10-13-4-3-8-19-11-13)17(22-2)6-5-16(18)20-12/h3-6,8-9,11,20H,7,10H2,1-2H3. The van der Waals surface area contributed by atoms with Crippen LogP contribution in [0.25, 0.3) is 10.9 Å². The lowest BCUT2D eigenvalue weighted by atomic mass is 9.97. The highest BCUT2D eigenvalue weighted by atomic mass is 16.5. The number of aromatic amines is 1. The van der Waals surface area contributed by atoms with Crippen LogP contribution in [0.1, 0.15) is 22.4 Å². The Balaban J connectivity index is 2.22. The van der Waals surface area contributed by atoms with Crippen LogP contribution in [0.5, 0.6) is 5.75 Å². The molecule has 3 rings (SSSR count). The summed E-state index contributed by atoms with van der Waals surface area (Å²) >= 11 is 0. The number of fused-ring (bicyclic) bond motifs is 1. The van der Waals surface area contributed by atoms with Crippen LogP contribution in [-0.2, 0) is 17.6 Å². The van der Waals surface area contributed by atoms with Crippen molar-refractivity contribution in [1.82, 2.24) is 9.97 Å². The van der Waals surface area contributed by atoms with Gasteiger partial charge in [-0.1, -0.05) is 6.07 Å². The van der Waals surface area contributed by atoms with Gasteiger partial charge < -0.3 is 14.5 Å². The number of hydrogen-bond donors (Lipinski definition) is 1. The number of benzene rings is 1. The maximum absolute atomic E-state index is 11.0. The lowest BCUT2D eigenvalue weighted by Gasteiger charge is -2.11. The number of carbonyl (C=O) groups is 1. The number of nitrogens with zero attached hydrogens (tertiary/aromatic N) is 1. The quantitative estimate of drug-likeness (QED) is 0.735. The molecule has 0 atom stereocenters. The van der Waals surface area contributed by atoms with Crippen molar-refractivity contribution >= 4 is 17.2 Å². The third-order valence-corrected chi connectivity index (χ3v) is 3.96. The van der Waals surface area contributed by atoms with Crippen LogP contribution in [0, 0.1) is 6.92 Å². The van der Waals surface area contributed by atoms with Gasteiger partial charge in [0.2, 0.25) is 0 Å². The summed E-state index contributed by atoms with van der Waals surface area (Å²) in [7, 11) is 1.67. The first kappa shape index (κ1) is 14.3. The first-order valence-electron chi connectivity index (χ1n) is 7.24. The number of pyridine rings is 1. The van der Waals surface area contributed by atoms with Crippen molar-refractivity contribution in [2.45, 2.75) is 19.8 Å². The van der Waals surface area contributed by atoms with Gasteiger partial charge in [0, 0.05) is 47.4 Å². The summed E-state index contributed by atoms with van der Waals surface area (Å²) in [5.74, 6) is 0.836. The summed E-state index contributed by atoms with van der Waals surface area (Å²) in [5.41, 5.74) is 5.32. The zero-order chi connectivity index (χ0) is 15.5. The molecule has 0 unspecified atom stereocenters. The van der Waals surface area contributed by atoms with Gasteiger partial charge >= 0.3 is 0 Å². The van der Waals surface area contributed by atoms with Gasteiger partial charge in [0.15, 0.2) is 0 Å². The molecule has 0 saturated carbocycles. The molecule has 2 aromatic heterocycles. The van der Waals surface area contributed by atoms with Crippen molar-refractivity contribution < 1.29 is 9.53 Å². The van der Waals surface area contributed by atoms with Gasteiger partial charge in [-0.15, -0.1) is 0 Å². The second kappa shape index (κ2) is 6.02. The molecule has 0 spiro atoms. The second-order valence-electron chi connectivity index (χ2n) is 5.31. The van der Waals surface area contributed by atoms with Crippen molar-refractivity contribution in [3.8, 4) is 5.75 Å². The van der Waals surface area contributed by atoms with E-state index in [9.17, 15) is 4.79 Å². The highest BCUT2D eigenvalue weighted by Gasteiger charge is 2.16. The predicted octanol–water partition coefficient (Wildman–Crippen LogP) is 3.21. The lowest BCUT2D eigenvalue weighted by Crippen LogP contribution is -1.97. The number of aldehydes is 1. The van der Waals surface area contributed by atoms with E-state index in [0.29, 0.717) is 6.42 Å². The Bertz CT molecular complexity index is 807. The number of H-pyrrole nitrogens is 1. The summed E-state index contributed by atoms with van der Waals surface area (Å²) in [6.45, 7) is 2.00. The topological polar surface area (TPSA) is 55.0 Å². The normalized spacial score (nSPS) is 10.8. The van der Waals surface area contributed by atoms with E-state index < -0.39 is 0 Å². The van der Waals surface area contributed by atoms with Crippen molar-refractivity contribution in [1.29, 1.82) is 0 Å². The Hall–Kier alpha value is -2.62. The van der Waals surface area contributed by atoms with Crippen LogP contribution in [-0.4, -0.2) is 23.4 Å². The molecule has 0 saturated heterocycles. The van der Waals surface area contributed by atoms with Gasteiger partial charge in [0.1, 0.15) is 12.0 Å². The van der Waals surface area contributed by atoms with Crippen LogP contribution in [0.15, 0.2) is 36.7 Å². The van der Waals surface area contributed by atoms with Gasteiger partial charge in [-0.25, -0.2) is 0 Å². The molecule has 112 valence electrons. The monoisotopic (exact) mass is 294 g/mol. The number of ether oxygens (including phenoxy) is 1. The van der Waals surface area contributed by atoms with Gasteiger partial charge in [-0.3, -0.25) is 4.98 Å². The van der Waals surface area contributed by atoms with Gasteiger partial charge in [-0.2, -0.15) is 0 Å². The van der Waals surface area contributed by atoms with E-state index in [2.05, 4.69) is 9.97 Å². The molecule has 0 amide bonds. The molecule has 0 aliphatic rings. The Morgan fingerprint density at radius 2 is 2.14 bits per heavy atom. The maximum Gasteiger partial charge on any atom is 0.124 e. The molecule has 0 aliphatic carbocycles. The Labute approximate surface area is 129 Å². The molecule has 22 heavy (non-hydrogen) atoms. The molecule has 4 heteroatoms. The summed E-state index contributed by atoms with van der Waals surface area (Å²) < 4.78 is 5.55. The number of hydrogen-bond acceptors (Lipinski definition) is 3. The predicted molar refractivity (Wildman–Crippen MR) is 86.4 cm³/mol. The molecule has 1 N–H and O–H groups in total. The smallest absolute Gasteiger partial charge is 0.124 e. The van der Waals surface area contributed by atoms with Crippen molar-refractivity contribution in [2.75, 3.05) is 7.11 Å². The first-order valence-corrected chi connectivity index (χ1v) is 7.24. The van der Waals surface area contributed by atoms with Crippen LogP contribution < -0.4 is 4.74 Å². The third-order valence-electron chi connectivity index (χ3n) is 3.96. The highest BCUT2D eigenvalue weighted by Crippen LogP contribution is 2.33. The van der Waals surface area contributed by atoms with E-state index in [1.54, 1.807) is 13.3 Å². The third kappa shape index (κ3) is 2.48. The molecule has 0 aliphatic heterocycles. The molecule has 1 aromatic carbocycles. The second-order valence-corrected chi connectivity index (χ2v) is 5.31. The van der Waals surface area contributed by atoms with Gasteiger partial charge in [0.25, 0.3) is 0 Å².